The fourth-order valence-corrected chi connectivity index (χ4v) is 3.45. The monoisotopic (exact) mass is 287 g/mol. The van der Waals surface area contributed by atoms with Gasteiger partial charge >= 0.3 is 0 Å². The largest absolute Gasteiger partial charge is 0.440 e. The normalized spacial score (nSPS) is 22.8. The van der Waals surface area contributed by atoms with E-state index in [0.717, 1.165) is 28.5 Å². The average Bonchev–Trinajstić information content (AvgIpc) is 2.96. The molecule has 3 rings (SSSR count). The number of aliphatic hydroxyl groups is 1. The van der Waals surface area contributed by atoms with Gasteiger partial charge in [-0.1, -0.05) is 32.3 Å². The molecule has 0 atom stereocenters. The number of hydrogen-bond donors (Lipinski definition) is 1. The van der Waals surface area contributed by atoms with E-state index >= 15 is 0 Å². The number of hydrogen-bond acceptors (Lipinski definition) is 3. The van der Waals surface area contributed by atoms with Crippen LogP contribution in [0.15, 0.2) is 22.6 Å². The summed E-state index contributed by atoms with van der Waals surface area (Å²) in [6.07, 6.45) is 9.08. The summed E-state index contributed by atoms with van der Waals surface area (Å²) in [4.78, 5) is 4.65. The highest BCUT2D eigenvalue weighted by Crippen LogP contribution is 2.38. The van der Waals surface area contributed by atoms with Crippen LogP contribution in [-0.2, 0) is 6.61 Å². The van der Waals surface area contributed by atoms with Gasteiger partial charge < -0.3 is 9.52 Å². The molecule has 3 heteroatoms. The first kappa shape index (κ1) is 14.6. The van der Waals surface area contributed by atoms with Crippen molar-refractivity contribution in [1.82, 2.24) is 4.98 Å². The van der Waals surface area contributed by atoms with Crippen LogP contribution < -0.4 is 0 Å². The van der Waals surface area contributed by atoms with Crippen molar-refractivity contribution in [3.63, 3.8) is 0 Å². The fraction of sp³-hybridized carbons (Fsp3) is 0.611. The van der Waals surface area contributed by atoms with Gasteiger partial charge in [-0.15, -0.1) is 0 Å². The maximum absolute atomic E-state index is 9.19. The van der Waals surface area contributed by atoms with Crippen molar-refractivity contribution in [2.24, 2.45) is 5.92 Å². The molecule has 0 saturated heterocycles. The molecule has 1 heterocycles. The highest BCUT2D eigenvalue weighted by atomic mass is 16.3. The minimum absolute atomic E-state index is 0.0562. The summed E-state index contributed by atoms with van der Waals surface area (Å²) >= 11 is 0. The van der Waals surface area contributed by atoms with Gasteiger partial charge in [0.2, 0.25) is 0 Å². The zero-order chi connectivity index (χ0) is 14.7. The molecule has 3 nitrogen and oxygen atoms in total. The molecule has 0 aliphatic heterocycles. The summed E-state index contributed by atoms with van der Waals surface area (Å²) < 4.78 is 5.93. The summed E-state index contributed by atoms with van der Waals surface area (Å²) in [5.41, 5.74) is 2.62. The van der Waals surface area contributed by atoms with Gasteiger partial charge in [0.1, 0.15) is 5.52 Å². The van der Waals surface area contributed by atoms with Gasteiger partial charge in [-0.25, -0.2) is 4.98 Å². The second-order valence-electron chi connectivity index (χ2n) is 6.37. The van der Waals surface area contributed by atoms with Crippen LogP contribution in [0, 0.1) is 5.92 Å². The van der Waals surface area contributed by atoms with Gasteiger partial charge in [0.15, 0.2) is 11.5 Å². The Morgan fingerprint density at radius 1 is 1.24 bits per heavy atom. The molecule has 1 aliphatic rings. The van der Waals surface area contributed by atoms with Crippen LogP contribution in [0.5, 0.6) is 0 Å². The SMILES string of the molecule is CCCCC1CCC(c2nc3cc(CO)ccc3o2)CC1. The second kappa shape index (κ2) is 6.61. The van der Waals surface area contributed by atoms with Gasteiger partial charge in [0, 0.05) is 5.92 Å². The molecule has 2 aromatic rings. The third kappa shape index (κ3) is 3.29. The fourth-order valence-electron chi connectivity index (χ4n) is 3.45. The predicted octanol–water partition coefficient (Wildman–Crippen LogP) is 4.78. The molecule has 0 bridgehead atoms. The molecular weight excluding hydrogens is 262 g/mol. The van der Waals surface area contributed by atoms with Crippen LogP contribution in [0.1, 0.15) is 69.2 Å². The quantitative estimate of drug-likeness (QED) is 0.860. The maximum atomic E-state index is 9.19. The Kier molecular flexibility index (Phi) is 4.59. The first-order chi connectivity index (χ1) is 10.3. The Morgan fingerprint density at radius 3 is 2.76 bits per heavy atom. The van der Waals surface area contributed by atoms with Gasteiger partial charge in [0.25, 0.3) is 0 Å². The first-order valence-corrected chi connectivity index (χ1v) is 8.30. The summed E-state index contributed by atoms with van der Waals surface area (Å²) in [5.74, 6) is 2.29. The van der Waals surface area contributed by atoms with Crippen LogP contribution in [-0.4, -0.2) is 10.1 Å². The van der Waals surface area contributed by atoms with Crippen LogP contribution in [0.3, 0.4) is 0 Å². The molecule has 1 aromatic heterocycles. The van der Waals surface area contributed by atoms with Crippen LogP contribution in [0.25, 0.3) is 11.1 Å². The van der Waals surface area contributed by atoms with Gasteiger partial charge in [-0.2, -0.15) is 0 Å². The summed E-state index contributed by atoms with van der Waals surface area (Å²) in [5, 5.41) is 9.19. The van der Waals surface area contributed by atoms with E-state index in [4.69, 9.17) is 4.42 Å². The molecule has 0 amide bonds. The van der Waals surface area contributed by atoms with Crippen LogP contribution in [0.2, 0.25) is 0 Å². The Balaban J connectivity index is 1.67. The molecular formula is C18H25NO2. The number of unbranched alkanes of at least 4 members (excludes halogenated alkanes) is 1. The molecule has 1 N–H and O–H groups in total. The van der Waals surface area contributed by atoms with Crippen molar-refractivity contribution in [3.8, 4) is 0 Å². The number of nitrogens with zero attached hydrogens (tertiary/aromatic N) is 1. The number of aliphatic hydroxyl groups excluding tert-OH is 1. The molecule has 0 unspecified atom stereocenters. The van der Waals surface area contributed by atoms with Gasteiger partial charge in [0.05, 0.1) is 6.61 Å². The summed E-state index contributed by atoms with van der Waals surface area (Å²) in [7, 11) is 0. The Hall–Kier alpha value is -1.35. The third-order valence-corrected chi connectivity index (χ3v) is 4.81. The minimum Gasteiger partial charge on any atom is -0.440 e. The Bertz CT molecular complexity index is 582. The van der Waals surface area contributed by atoms with E-state index in [2.05, 4.69) is 11.9 Å². The number of rotatable bonds is 5. The van der Waals surface area contributed by atoms with E-state index in [9.17, 15) is 5.11 Å². The van der Waals surface area contributed by atoms with Crippen LogP contribution in [0.4, 0.5) is 0 Å². The van der Waals surface area contributed by atoms with Crippen molar-refractivity contribution in [1.29, 1.82) is 0 Å². The zero-order valence-electron chi connectivity index (χ0n) is 12.8. The molecule has 1 aliphatic carbocycles. The van der Waals surface area contributed by atoms with Crippen LogP contribution >= 0.6 is 0 Å². The number of fused-ring (bicyclic) bond motifs is 1. The van der Waals surface area contributed by atoms with E-state index in [1.807, 2.05) is 18.2 Å². The number of oxazole rings is 1. The van der Waals surface area contributed by atoms with Crippen molar-refractivity contribution in [2.75, 3.05) is 0 Å². The molecule has 1 saturated carbocycles. The van der Waals surface area contributed by atoms with Crippen molar-refractivity contribution >= 4 is 11.1 Å². The first-order valence-electron chi connectivity index (χ1n) is 8.30. The van der Waals surface area contributed by atoms with E-state index in [0.29, 0.717) is 5.92 Å². The lowest BCUT2D eigenvalue weighted by molar-refractivity contribution is 0.280. The molecule has 1 aromatic carbocycles. The second-order valence-corrected chi connectivity index (χ2v) is 6.37. The molecule has 21 heavy (non-hydrogen) atoms. The smallest absolute Gasteiger partial charge is 0.198 e. The molecule has 114 valence electrons. The lowest BCUT2D eigenvalue weighted by Crippen LogP contribution is -2.13. The Labute approximate surface area is 126 Å². The molecule has 0 spiro atoms. The number of benzene rings is 1. The zero-order valence-corrected chi connectivity index (χ0v) is 12.8. The van der Waals surface area contributed by atoms with Gasteiger partial charge in [-0.05, 0) is 49.3 Å². The van der Waals surface area contributed by atoms with Crippen molar-refractivity contribution in [3.05, 3.63) is 29.7 Å². The maximum Gasteiger partial charge on any atom is 0.198 e. The highest BCUT2D eigenvalue weighted by molar-refractivity contribution is 5.73. The van der Waals surface area contributed by atoms with E-state index < -0.39 is 0 Å². The lowest BCUT2D eigenvalue weighted by Gasteiger charge is -2.26. The van der Waals surface area contributed by atoms with E-state index in [-0.39, 0.29) is 6.61 Å². The van der Waals surface area contributed by atoms with Gasteiger partial charge in [-0.3, -0.25) is 0 Å². The van der Waals surface area contributed by atoms with E-state index in [1.54, 1.807) is 0 Å². The highest BCUT2D eigenvalue weighted by Gasteiger charge is 2.25. The van der Waals surface area contributed by atoms with Crippen molar-refractivity contribution < 1.29 is 9.52 Å². The lowest BCUT2D eigenvalue weighted by atomic mass is 9.80. The van der Waals surface area contributed by atoms with E-state index in [1.165, 1.54) is 44.9 Å². The topological polar surface area (TPSA) is 46.3 Å². The number of aromatic nitrogens is 1. The average molecular weight is 287 g/mol. The molecule has 1 fully saturated rings. The molecule has 0 radical (unpaired) electrons. The third-order valence-electron chi connectivity index (χ3n) is 4.81. The minimum atomic E-state index is 0.0562. The van der Waals surface area contributed by atoms with Crippen molar-refractivity contribution in [2.45, 2.75) is 64.4 Å². The Morgan fingerprint density at radius 2 is 2.05 bits per heavy atom. The standard InChI is InChI=1S/C18H25NO2/c1-2-3-4-13-5-8-15(9-6-13)18-19-16-11-14(12-20)7-10-17(16)21-18/h7,10-11,13,15,20H,2-6,8-9,12H2,1H3. The summed E-state index contributed by atoms with van der Waals surface area (Å²) in [6.45, 7) is 2.32. The summed E-state index contributed by atoms with van der Waals surface area (Å²) in [6, 6.07) is 5.75. The predicted molar refractivity (Wildman–Crippen MR) is 84.2 cm³/mol.